The summed E-state index contributed by atoms with van der Waals surface area (Å²) in [5.74, 6) is 0. The fourth-order valence-electron chi connectivity index (χ4n) is 2.84. The van der Waals surface area contributed by atoms with Crippen molar-refractivity contribution < 1.29 is 0 Å². The van der Waals surface area contributed by atoms with E-state index in [0.29, 0.717) is 0 Å². The van der Waals surface area contributed by atoms with Crippen LogP contribution in [0.25, 0.3) is 32.9 Å². The van der Waals surface area contributed by atoms with Crippen molar-refractivity contribution >= 4 is 27.5 Å². The number of nitrogens with two attached hydrogens (primary N) is 1. The molecule has 0 unspecified atom stereocenters. The van der Waals surface area contributed by atoms with Crippen LogP contribution in [0.1, 0.15) is 0 Å². The molecule has 2 heteroatoms. The molecule has 1 heterocycles. The zero-order chi connectivity index (χ0) is 13.5. The number of nitrogen functional groups attached to an aromatic ring is 1. The van der Waals surface area contributed by atoms with E-state index in [-0.39, 0.29) is 0 Å². The van der Waals surface area contributed by atoms with Crippen LogP contribution >= 0.6 is 0 Å². The quantitative estimate of drug-likeness (QED) is 0.482. The third-order valence-electron chi connectivity index (χ3n) is 3.79. The molecule has 0 spiro atoms. The van der Waals surface area contributed by atoms with Crippen LogP contribution in [-0.2, 0) is 0 Å². The predicted molar refractivity (Wildman–Crippen MR) is 85.7 cm³/mol. The maximum absolute atomic E-state index is 6.12. The first kappa shape index (κ1) is 11.1. The van der Waals surface area contributed by atoms with Crippen LogP contribution < -0.4 is 5.73 Å². The van der Waals surface area contributed by atoms with Crippen molar-refractivity contribution in [2.45, 2.75) is 0 Å². The Morgan fingerprint density at radius 1 is 0.650 bits per heavy atom. The van der Waals surface area contributed by atoms with Crippen molar-refractivity contribution in [3.8, 4) is 11.1 Å². The molecular weight excluding hydrogens is 244 g/mol. The Balaban J connectivity index is 2.13. The zero-order valence-electron chi connectivity index (χ0n) is 10.9. The molecule has 4 aromatic rings. The number of nitrogens with one attached hydrogen (secondary N) is 1. The largest absolute Gasteiger partial charge is 0.398 e. The smallest absolute Gasteiger partial charge is 0.0545 e. The standard InChI is InChI=1S/C18H14N2/c19-16-10-3-1-6-12(16)14-8-5-9-15-13-7-2-4-11-17(13)20-18(14)15/h1-11,20H,19H2. The normalized spacial score (nSPS) is 11.2. The molecule has 0 bridgehead atoms. The Morgan fingerprint density at radius 2 is 1.35 bits per heavy atom. The fraction of sp³-hybridized carbons (Fsp3) is 0. The second-order valence-corrected chi connectivity index (χ2v) is 4.99. The lowest BCUT2D eigenvalue weighted by Gasteiger charge is -2.06. The molecule has 0 fully saturated rings. The maximum atomic E-state index is 6.12. The third kappa shape index (κ3) is 1.51. The van der Waals surface area contributed by atoms with Gasteiger partial charge < -0.3 is 10.7 Å². The van der Waals surface area contributed by atoms with E-state index in [4.69, 9.17) is 5.73 Å². The summed E-state index contributed by atoms with van der Waals surface area (Å²) in [7, 11) is 0. The van der Waals surface area contributed by atoms with Gasteiger partial charge in [-0.1, -0.05) is 54.6 Å². The Kier molecular flexibility index (Phi) is 2.30. The molecule has 4 rings (SSSR count). The number of aromatic nitrogens is 1. The van der Waals surface area contributed by atoms with Gasteiger partial charge in [0.1, 0.15) is 0 Å². The van der Waals surface area contributed by atoms with Gasteiger partial charge >= 0.3 is 0 Å². The number of fused-ring (bicyclic) bond motifs is 3. The molecule has 0 atom stereocenters. The Labute approximate surface area is 116 Å². The van der Waals surface area contributed by atoms with E-state index >= 15 is 0 Å². The van der Waals surface area contributed by atoms with E-state index in [0.717, 1.165) is 27.8 Å². The number of rotatable bonds is 1. The van der Waals surface area contributed by atoms with E-state index in [1.54, 1.807) is 0 Å². The van der Waals surface area contributed by atoms with Gasteiger partial charge in [0, 0.05) is 33.1 Å². The van der Waals surface area contributed by atoms with Gasteiger partial charge in [-0.2, -0.15) is 0 Å². The molecule has 0 aliphatic heterocycles. The maximum Gasteiger partial charge on any atom is 0.0545 e. The van der Waals surface area contributed by atoms with Crippen molar-refractivity contribution in [3.05, 3.63) is 66.7 Å². The topological polar surface area (TPSA) is 41.8 Å². The summed E-state index contributed by atoms with van der Waals surface area (Å²) in [6, 6.07) is 22.7. The van der Waals surface area contributed by atoms with Gasteiger partial charge in [0.25, 0.3) is 0 Å². The van der Waals surface area contributed by atoms with Gasteiger partial charge in [0.2, 0.25) is 0 Å². The number of aromatic amines is 1. The highest BCUT2D eigenvalue weighted by atomic mass is 14.7. The summed E-state index contributed by atoms with van der Waals surface area (Å²) < 4.78 is 0. The lowest BCUT2D eigenvalue weighted by Crippen LogP contribution is -1.89. The van der Waals surface area contributed by atoms with Crippen molar-refractivity contribution in [2.75, 3.05) is 5.73 Å². The minimum Gasteiger partial charge on any atom is -0.398 e. The minimum atomic E-state index is 0.804. The third-order valence-corrected chi connectivity index (χ3v) is 3.79. The molecule has 0 saturated heterocycles. The number of benzene rings is 3. The highest BCUT2D eigenvalue weighted by Crippen LogP contribution is 2.35. The van der Waals surface area contributed by atoms with Crippen molar-refractivity contribution in [1.29, 1.82) is 0 Å². The average molecular weight is 258 g/mol. The molecule has 0 saturated carbocycles. The summed E-state index contributed by atoms with van der Waals surface area (Å²) in [5, 5.41) is 2.49. The SMILES string of the molecule is Nc1ccccc1-c1cccc2c1[nH]c1ccccc12. The van der Waals surface area contributed by atoms with Crippen LogP contribution in [0.2, 0.25) is 0 Å². The molecule has 96 valence electrons. The molecule has 0 aliphatic carbocycles. The summed E-state index contributed by atoms with van der Waals surface area (Å²) in [6.07, 6.45) is 0. The highest BCUT2D eigenvalue weighted by Gasteiger charge is 2.10. The minimum absolute atomic E-state index is 0.804. The summed E-state index contributed by atoms with van der Waals surface area (Å²) >= 11 is 0. The summed E-state index contributed by atoms with van der Waals surface area (Å²) in [5.41, 5.74) is 11.5. The van der Waals surface area contributed by atoms with Gasteiger partial charge in [-0.15, -0.1) is 0 Å². The lowest BCUT2D eigenvalue weighted by atomic mass is 10.0. The van der Waals surface area contributed by atoms with E-state index in [9.17, 15) is 0 Å². The van der Waals surface area contributed by atoms with Crippen LogP contribution in [0.3, 0.4) is 0 Å². The molecular formula is C18H14N2. The first-order valence-corrected chi connectivity index (χ1v) is 6.69. The van der Waals surface area contributed by atoms with Crippen LogP contribution in [-0.4, -0.2) is 4.98 Å². The van der Waals surface area contributed by atoms with Crippen LogP contribution in [0.4, 0.5) is 5.69 Å². The highest BCUT2D eigenvalue weighted by molar-refractivity contribution is 6.12. The average Bonchev–Trinajstić information content (AvgIpc) is 2.86. The van der Waals surface area contributed by atoms with Crippen LogP contribution in [0, 0.1) is 0 Å². The first-order valence-electron chi connectivity index (χ1n) is 6.69. The Morgan fingerprint density at radius 3 is 2.25 bits per heavy atom. The zero-order valence-corrected chi connectivity index (χ0v) is 10.9. The molecule has 0 aliphatic rings. The van der Waals surface area contributed by atoms with E-state index in [1.807, 2.05) is 24.3 Å². The molecule has 0 amide bonds. The van der Waals surface area contributed by atoms with Crippen molar-refractivity contribution in [3.63, 3.8) is 0 Å². The molecule has 20 heavy (non-hydrogen) atoms. The van der Waals surface area contributed by atoms with E-state index < -0.39 is 0 Å². The van der Waals surface area contributed by atoms with Gasteiger partial charge in [-0.05, 0) is 12.1 Å². The van der Waals surface area contributed by atoms with Gasteiger partial charge in [0.05, 0.1) is 5.52 Å². The van der Waals surface area contributed by atoms with Crippen LogP contribution in [0.15, 0.2) is 66.7 Å². The number of H-pyrrole nitrogens is 1. The van der Waals surface area contributed by atoms with Gasteiger partial charge in [0.15, 0.2) is 0 Å². The molecule has 3 N–H and O–H groups in total. The number of hydrogen-bond donors (Lipinski definition) is 2. The summed E-state index contributed by atoms with van der Waals surface area (Å²) in [4.78, 5) is 3.52. The molecule has 3 aromatic carbocycles. The fourth-order valence-corrected chi connectivity index (χ4v) is 2.84. The van der Waals surface area contributed by atoms with Crippen molar-refractivity contribution in [1.82, 2.24) is 4.98 Å². The molecule has 0 radical (unpaired) electrons. The van der Waals surface area contributed by atoms with Gasteiger partial charge in [-0.25, -0.2) is 0 Å². The van der Waals surface area contributed by atoms with Gasteiger partial charge in [-0.3, -0.25) is 0 Å². The Hall–Kier alpha value is -2.74. The Bertz CT molecular complexity index is 919. The second-order valence-electron chi connectivity index (χ2n) is 4.99. The number of anilines is 1. The predicted octanol–water partition coefficient (Wildman–Crippen LogP) is 4.57. The summed E-state index contributed by atoms with van der Waals surface area (Å²) in [6.45, 7) is 0. The number of para-hydroxylation sites is 3. The molecule has 2 nitrogen and oxygen atoms in total. The first-order chi connectivity index (χ1) is 9.84. The van der Waals surface area contributed by atoms with E-state index in [2.05, 4.69) is 47.4 Å². The molecule has 1 aromatic heterocycles. The van der Waals surface area contributed by atoms with Crippen molar-refractivity contribution in [2.24, 2.45) is 0 Å². The number of hydrogen-bond acceptors (Lipinski definition) is 1. The van der Waals surface area contributed by atoms with Crippen LogP contribution in [0.5, 0.6) is 0 Å². The second kappa shape index (κ2) is 4.14. The lowest BCUT2D eigenvalue weighted by molar-refractivity contribution is 1.53. The van der Waals surface area contributed by atoms with E-state index in [1.165, 1.54) is 10.8 Å². The monoisotopic (exact) mass is 258 g/mol.